The molecule has 2 aliphatic heterocycles. The molecule has 0 saturated carbocycles. The Balaban J connectivity index is 1.90. The highest BCUT2D eigenvalue weighted by Crippen LogP contribution is 2.23. The van der Waals surface area contributed by atoms with E-state index in [1.165, 1.54) is 0 Å². The number of carbonyl (C=O) groups is 1. The molecule has 2 N–H and O–H groups in total. The van der Waals surface area contributed by atoms with E-state index in [1.54, 1.807) is 0 Å². The predicted octanol–water partition coefficient (Wildman–Crippen LogP) is 0.605. The van der Waals surface area contributed by atoms with Gasteiger partial charge in [-0.3, -0.25) is 4.79 Å². The number of likely N-dealkylation sites (tertiary alicyclic amines) is 1. The van der Waals surface area contributed by atoms with Crippen LogP contribution in [0.5, 0.6) is 0 Å². The van der Waals surface area contributed by atoms with E-state index >= 15 is 0 Å². The summed E-state index contributed by atoms with van der Waals surface area (Å²) in [6.07, 6.45) is 3.42. The fourth-order valence-corrected chi connectivity index (χ4v) is 2.95. The van der Waals surface area contributed by atoms with Crippen molar-refractivity contribution < 1.29 is 9.90 Å². The average molecular weight is 240 g/mol. The Kier molecular flexibility index (Phi) is 4.40. The lowest BCUT2D eigenvalue weighted by Crippen LogP contribution is -2.49. The number of piperidine rings is 2. The van der Waals surface area contributed by atoms with E-state index in [-0.39, 0.29) is 17.9 Å². The summed E-state index contributed by atoms with van der Waals surface area (Å²) in [5.74, 6) is 0.801. The number of nitrogens with zero attached hydrogens (tertiary/aromatic N) is 1. The first kappa shape index (κ1) is 12.8. The highest BCUT2D eigenvalue weighted by Gasteiger charge is 2.32. The molecule has 0 aromatic heterocycles. The maximum Gasteiger partial charge on any atom is 0.225 e. The smallest absolute Gasteiger partial charge is 0.225 e. The second-order valence-corrected chi connectivity index (χ2v) is 5.33. The molecule has 2 aliphatic rings. The van der Waals surface area contributed by atoms with E-state index in [1.807, 2.05) is 4.90 Å². The number of aliphatic hydroxyl groups is 1. The SMILES string of the molecule is CC[C@@H]1CN(C(=O)C2CCNCC2)CC[C@@H]1O. The second-order valence-electron chi connectivity index (χ2n) is 5.33. The summed E-state index contributed by atoms with van der Waals surface area (Å²) in [6, 6.07) is 0. The van der Waals surface area contributed by atoms with Crippen molar-refractivity contribution in [1.82, 2.24) is 10.2 Å². The van der Waals surface area contributed by atoms with Crippen LogP contribution in [0.2, 0.25) is 0 Å². The Morgan fingerprint density at radius 3 is 2.71 bits per heavy atom. The molecule has 0 spiro atoms. The van der Waals surface area contributed by atoms with E-state index in [9.17, 15) is 9.90 Å². The maximum absolute atomic E-state index is 12.3. The molecule has 0 radical (unpaired) electrons. The highest BCUT2D eigenvalue weighted by atomic mass is 16.3. The van der Waals surface area contributed by atoms with E-state index in [0.29, 0.717) is 5.91 Å². The first-order valence-electron chi connectivity index (χ1n) is 6.90. The fraction of sp³-hybridized carbons (Fsp3) is 0.923. The fourth-order valence-electron chi connectivity index (χ4n) is 2.95. The Labute approximate surface area is 103 Å². The van der Waals surface area contributed by atoms with Crippen molar-refractivity contribution >= 4 is 5.91 Å². The Bertz CT molecular complexity index is 264. The zero-order valence-electron chi connectivity index (χ0n) is 10.7. The first-order chi connectivity index (χ1) is 8.22. The topological polar surface area (TPSA) is 52.6 Å². The second kappa shape index (κ2) is 5.83. The van der Waals surface area contributed by atoms with E-state index in [0.717, 1.165) is 51.9 Å². The summed E-state index contributed by atoms with van der Waals surface area (Å²) in [6.45, 7) is 5.50. The quantitative estimate of drug-likeness (QED) is 0.743. The van der Waals surface area contributed by atoms with E-state index < -0.39 is 0 Å². The van der Waals surface area contributed by atoms with Crippen molar-refractivity contribution in [2.45, 2.75) is 38.7 Å². The molecule has 2 rings (SSSR count). The molecule has 0 aromatic carbocycles. The molecule has 98 valence electrons. The monoisotopic (exact) mass is 240 g/mol. The van der Waals surface area contributed by atoms with Crippen LogP contribution < -0.4 is 5.32 Å². The molecule has 0 aromatic rings. The molecule has 2 saturated heterocycles. The minimum atomic E-state index is -0.211. The standard InChI is InChI=1S/C13H24N2O2/c1-2-10-9-15(8-5-12(10)16)13(17)11-3-6-14-7-4-11/h10-12,14,16H,2-9H2,1H3/t10-,12+/m1/s1. The summed E-state index contributed by atoms with van der Waals surface area (Å²) >= 11 is 0. The number of nitrogens with one attached hydrogen (secondary N) is 1. The molecule has 0 unspecified atom stereocenters. The van der Waals surface area contributed by atoms with Gasteiger partial charge in [-0.15, -0.1) is 0 Å². The van der Waals surface area contributed by atoms with Gasteiger partial charge in [0.25, 0.3) is 0 Å². The van der Waals surface area contributed by atoms with Gasteiger partial charge in [-0.05, 0) is 38.8 Å². The first-order valence-corrected chi connectivity index (χ1v) is 6.90. The van der Waals surface area contributed by atoms with Crippen molar-refractivity contribution in [1.29, 1.82) is 0 Å². The average Bonchev–Trinajstić information content (AvgIpc) is 2.39. The van der Waals surface area contributed by atoms with Crippen LogP contribution in [0.4, 0.5) is 0 Å². The van der Waals surface area contributed by atoms with Crippen LogP contribution in [-0.2, 0) is 4.79 Å². The zero-order chi connectivity index (χ0) is 12.3. The summed E-state index contributed by atoms with van der Waals surface area (Å²) < 4.78 is 0. The van der Waals surface area contributed by atoms with Crippen molar-refractivity contribution in [2.75, 3.05) is 26.2 Å². The predicted molar refractivity (Wildman–Crippen MR) is 66.6 cm³/mol. The molecule has 2 atom stereocenters. The van der Waals surface area contributed by atoms with Gasteiger partial charge in [0.15, 0.2) is 0 Å². The van der Waals surface area contributed by atoms with Gasteiger partial charge in [-0.25, -0.2) is 0 Å². The number of hydrogen-bond donors (Lipinski definition) is 2. The molecule has 17 heavy (non-hydrogen) atoms. The van der Waals surface area contributed by atoms with Crippen LogP contribution in [0.15, 0.2) is 0 Å². The number of aliphatic hydroxyl groups excluding tert-OH is 1. The van der Waals surface area contributed by atoms with Crippen LogP contribution in [-0.4, -0.2) is 48.2 Å². The molecule has 0 aliphatic carbocycles. The zero-order valence-corrected chi connectivity index (χ0v) is 10.7. The van der Waals surface area contributed by atoms with Crippen LogP contribution in [0.25, 0.3) is 0 Å². The van der Waals surface area contributed by atoms with E-state index in [4.69, 9.17) is 0 Å². The largest absolute Gasteiger partial charge is 0.393 e. The van der Waals surface area contributed by atoms with Crippen molar-refractivity contribution in [3.05, 3.63) is 0 Å². The lowest BCUT2D eigenvalue weighted by atomic mass is 9.90. The lowest BCUT2D eigenvalue weighted by molar-refractivity contribution is -0.140. The lowest BCUT2D eigenvalue weighted by Gasteiger charge is -2.38. The van der Waals surface area contributed by atoms with Gasteiger partial charge >= 0.3 is 0 Å². The molecule has 2 heterocycles. The van der Waals surface area contributed by atoms with Gasteiger partial charge in [0, 0.05) is 24.9 Å². The van der Waals surface area contributed by atoms with Gasteiger partial charge in [0.05, 0.1) is 6.10 Å². The van der Waals surface area contributed by atoms with Crippen LogP contribution >= 0.6 is 0 Å². The van der Waals surface area contributed by atoms with Crippen LogP contribution in [0, 0.1) is 11.8 Å². The summed E-state index contributed by atoms with van der Waals surface area (Å²) in [5, 5.41) is 13.1. The van der Waals surface area contributed by atoms with Gasteiger partial charge in [0.2, 0.25) is 5.91 Å². The molecular weight excluding hydrogens is 216 g/mol. The number of carbonyl (C=O) groups excluding carboxylic acids is 1. The molecular formula is C13H24N2O2. The Morgan fingerprint density at radius 2 is 2.06 bits per heavy atom. The van der Waals surface area contributed by atoms with Gasteiger partial charge in [0.1, 0.15) is 0 Å². The molecule has 4 nitrogen and oxygen atoms in total. The van der Waals surface area contributed by atoms with Gasteiger partial charge in [-0.1, -0.05) is 6.92 Å². The van der Waals surface area contributed by atoms with Crippen LogP contribution in [0.3, 0.4) is 0 Å². The summed E-state index contributed by atoms with van der Waals surface area (Å²) in [4.78, 5) is 14.3. The van der Waals surface area contributed by atoms with Crippen molar-refractivity contribution in [3.63, 3.8) is 0 Å². The summed E-state index contributed by atoms with van der Waals surface area (Å²) in [5.41, 5.74) is 0. The molecule has 1 amide bonds. The third-order valence-corrected chi connectivity index (χ3v) is 4.22. The van der Waals surface area contributed by atoms with E-state index in [2.05, 4.69) is 12.2 Å². The normalized spacial score (nSPS) is 31.5. The minimum Gasteiger partial charge on any atom is -0.393 e. The molecule has 2 fully saturated rings. The third kappa shape index (κ3) is 2.99. The summed E-state index contributed by atoms with van der Waals surface area (Å²) in [7, 11) is 0. The maximum atomic E-state index is 12.3. The van der Waals surface area contributed by atoms with Gasteiger partial charge in [-0.2, -0.15) is 0 Å². The molecule has 0 bridgehead atoms. The van der Waals surface area contributed by atoms with Crippen molar-refractivity contribution in [3.8, 4) is 0 Å². The van der Waals surface area contributed by atoms with Crippen molar-refractivity contribution in [2.24, 2.45) is 11.8 Å². The number of rotatable bonds is 2. The third-order valence-electron chi connectivity index (χ3n) is 4.22. The number of hydrogen-bond acceptors (Lipinski definition) is 3. The highest BCUT2D eigenvalue weighted by molar-refractivity contribution is 5.79. The Hall–Kier alpha value is -0.610. The van der Waals surface area contributed by atoms with Gasteiger partial charge < -0.3 is 15.3 Å². The molecule has 4 heteroatoms. The minimum absolute atomic E-state index is 0.211. The Morgan fingerprint density at radius 1 is 1.35 bits per heavy atom. The van der Waals surface area contributed by atoms with Crippen LogP contribution in [0.1, 0.15) is 32.6 Å². The number of amides is 1.